The van der Waals surface area contributed by atoms with Crippen molar-refractivity contribution < 1.29 is 4.39 Å². The summed E-state index contributed by atoms with van der Waals surface area (Å²) in [5.41, 5.74) is 1.85. The van der Waals surface area contributed by atoms with Gasteiger partial charge in [0.05, 0.1) is 0 Å². The number of piperazine rings is 1. The van der Waals surface area contributed by atoms with E-state index in [1.54, 1.807) is 6.07 Å². The largest absolute Gasteiger partial charge is 0.369 e. The summed E-state index contributed by atoms with van der Waals surface area (Å²) in [4.78, 5) is 4.88. The fraction of sp³-hybridized carbons (Fsp3) is 0.600. The molecule has 0 N–H and O–H groups in total. The smallest absolute Gasteiger partial charge is 0.129 e. The number of anilines is 1. The molecule has 2 aliphatic rings. The summed E-state index contributed by atoms with van der Waals surface area (Å²) in [6, 6.07) is 5.40. The van der Waals surface area contributed by atoms with E-state index in [1.165, 1.54) is 19.4 Å². The maximum Gasteiger partial charge on any atom is 0.129 e. The molecule has 2 fully saturated rings. The molecule has 104 valence electrons. The highest BCUT2D eigenvalue weighted by atomic mass is 79.9. The fourth-order valence-electron chi connectivity index (χ4n) is 2.81. The van der Waals surface area contributed by atoms with Crippen LogP contribution in [0.25, 0.3) is 0 Å². The molecule has 0 spiro atoms. The molecule has 3 rings (SSSR count). The van der Waals surface area contributed by atoms with Gasteiger partial charge in [0, 0.05) is 49.3 Å². The van der Waals surface area contributed by atoms with Crippen molar-refractivity contribution in [2.75, 3.05) is 37.6 Å². The van der Waals surface area contributed by atoms with Crippen LogP contribution in [0.1, 0.15) is 18.4 Å². The second-order valence-corrected chi connectivity index (χ2v) is 6.16. The number of hydrogen-bond acceptors (Lipinski definition) is 2. The van der Waals surface area contributed by atoms with Crippen molar-refractivity contribution in [1.82, 2.24) is 4.90 Å². The third-order valence-electron chi connectivity index (χ3n) is 4.15. The molecule has 0 bridgehead atoms. The van der Waals surface area contributed by atoms with Gasteiger partial charge >= 0.3 is 0 Å². The van der Waals surface area contributed by atoms with Gasteiger partial charge in [-0.2, -0.15) is 0 Å². The molecule has 1 aliphatic heterocycles. The minimum Gasteiger partial charge on any atom is -0.369 e. The highest BCUT2D eigenvalue weighted by Crippen LogP contribution is 2.31. The molecular weight excluding hydrogens is 307 g/mol. The van der Waals surface area contributed by atoms with Crippen LogP contribution in [0.4, 0.5) is 10.1 Å². The van der Waals surface area contributed by atoms with E-state index in [2.05, 4.69) is 25.7 Å². The Bertz CT molecular complexity index is 440. The lowest BCUT2D eigenvalue weighted by Crippen LogP contribution is -2.47. The van der Waals surface area contributed by atoms with Crippen LogP contribution in [0.2, 0.25) is 0 Å². The third kappa shape index (κ3) is 3.11. The Labute approximate surface area is 122 Å². The number of alkyl halides is 1. The van der Waals surface area contributed by atoms with Crippen LogP contribution in [0.15, 0.2) is 18.2 Å². The molecule has 0 unspecified atom stereocenters. The summed E-state index contributed by atoms with van der Waals surface area (Å²) in [6.45, 7) is 5.50. The second kappa shape index (κ2) is 5.80. The number of benzene rings is 1. The highest BCUT2D eigenvalue weighted by Gasteiger charge is 2.27. The second-order valence-electron chi connectivity index (χ2n) is 5.60. The van der Waals surface area contributed by atoms with Crippen molar-refractivity contribution in [2.24, 2.45) is 5.92 Å². The van der Waals surface area contributed by atoms with Gasteiger partial charge in [-0.1, -0.05) is 22.0 Å². The van der Waals surface area contributed by atoms with Gasteiger partial charge in [0.1, 0.15) is 5.82 Å². The first kappa shape index (κ1) is 13.4. The van der Waals surface area contributed by atoms with E-state index in [0.29, 0.717) is 5.33 Å². The lowest BCUT2D eigenvalue weighted by Gasteiger charge is -2.37. The molecule has 0 atom stereocenters. The topological polar surface area (TPSA) is 6.48 Å². The molecule has 0 amide bonds. The van der Waals surface area contributed by atoms with Crippen LogP contribution in [0.5, 0.6) is 0 Å². The normalized spacial score (nSPS) is 20.8. The van der Waals surface area contributed by atoms with Crippen molar-refractivity contribution in [3.8, 4) is 0 Å². The molecule has 2 nitrogen and oxygen atoms in total. The summed E-state index contributed by atoms with van der Waals surface area (Å²) in [5.74, 6) is 0.855. The van der Waals surface area contributed by atoms with Crippen molar-refractivity contribution in [1.29, 1.82) is 0 Å². The first-order valence-corrected chi connectivity index (χ1v) is 8.20. The highest BCUT2D eigenvalue weighted by molar-refractivity contribution is 9.08. The van der Waals surface area contributed by atoms with E-state index in [1.807, 2.05) is 12.1 Å². The summed E-state index contributed by atoms with van der Waals surface area (Å²) in [6.07, 6.45) is 2.83. The quantitative estimate of drug-likeness (QED) is 0.784. The van der Waals surface area contributed by atoms with Crippen molar-refractivity contribution in [2.45, 2.75) is 18.2 Å². The Morgan fingerprint density at radius 2 is 1.89 bits per heavy atom. The summed E-state index contributed by atoms with van der Waals surface area (Å²) >= 11 is 3.40. The molecular formula is C15H20BrFN2. The van der Waals surface area contributed by atoms with Crippen molar-refractivity contribution in [3.05, 3.63) is 29.6 Å². The van der Waals surface area contributed by atoms with Gasteiger partial charge in [0.15, 0.2) is 0 Å². The molecule has 0 aromatic heterocycles. The molecule has 1 aromatic rings. The molecule has 1 aromatic carbocycles. The zero-order valence-corrected chi connectivity index (χ0v) is 12.7. The number of hydrogen-bond donors (Lipinski definition) is 0. The van der Waals surface area contributed by atoms with Gasteiger partial charge < -0.3 is 4.90 Å². The SMILES string of the molecule is Fc1cccc(N2CCN(CC3CC3)CC2)c1CBr. The van der Waals surface area contributed by atoms with Gasteiger partial charge in [0.2, 0.25) is 0 Å². The molecule has 1 saturated carbocycles. The van der Waals surface area contributed by atoms with Crippen LogP contribution in [-0.4, -0.2) is 37.6 Å². The molecule has 19 heavy (non-hydrogen) atoms. The first-order valence-electron chi connectivity index (χ1n) is 7.08. The van der Waals surface area contributed by atoms with Crippen molar-refractivity contribution in [3.63, 3.8) is 0 Å². The maximum atomic E-state index is 13.8. The van der Waals surface area contributed by atoms with E-state index >= 15 is 0 Å². The summed E-state index contributed by atoms with van der Waals surface area (Å²) < 4.78 is 13.8. The number of rotatable bonds is 4. The Morgan fingerprint density at radius 1 is 1.16 bits per heavy atom. The van der Waals surface area contributed by atoms with Crippen LogP contribution in [0.3, 0.4) is 0 Å². The van der Waals surface area contributed by atoms with Gasteiger partial charge in [-0.3, -0.25) is 4.90 Å². The first-order chi connectivity index (χ1) is 9.28. The Kier molecular flexibility index (Phi) is 4.08. The molecule has 4 heteroatoms. The third-order valence-corrected chi connectivity index (χ3v) is 4.71. The Morgan fingerprint density at radius 3 is 2.53 bits per heavy atom. The Hall–Kier alpha value is -0.610. The predicted molar refractivity (Wildman–Crippen MR) is 80.4 cm³/mol. The number of halogens is 2. The van der Waals surface area contributed by atoms with Crippen molar-refractivity contribution >= 4 is 21.6 Å². The summed E-state index contributed by atoms with van der Waals surface area (Å²) in [5, 5.41) is 0.581. The van der Waals surface area contributed by atoms with E-state index < -0.39 is 0 Å². The number of nitrogens with zero attached hydrogens (tertiary/aromatic N) is 2. The predicted octanol–water partition coefficient (Wildman–Crippen LogP) is 3.25. The van der Waals surface area contributed by atoms with E-state index in [-0.39, 0.29) is 5.82 Å². The Balaban J connectivity index is 1.65. The minimum atomic E-state index is -0.102. The fourth-order valence-corrected chi connectivity index (χ4v) is 3.37. The lowest BCUT2D eigenvalue weighted by molar-refractivity contribution is 0.248. The van der Waals surface area contributed by atoms with Gasteiger partial charge in [0.25, 0.3) is 0 Å². The lowest BCUT2D eigenvalue weighted by atomic mass is 10.1. The van der Waals surface area contributed by atoms with Crippen LogP contribution < -0.4 is 4.90 Å². The maximum absolute atomic E-state index is 13.8. The monoisotopic (exact) mass is 326 g/mol. The van der Waals surface area contributed by atoms with Crippen LogP contribution >= 0.6 is 15.9 Å². The van der Waals surface area contributed by atoms with Crippen LogP contribution in [-0.2, 0) is 5.33 Å². The van der Waals surface area contributed by atoms with E-state index in [0.717, 1.165) is 43.3 Å². The minimum absolute atomic E-state index is 0.102. The molecule has 1 saturated heterocycles. The zero-order valence-electron chi connectivity index (χ0n) is 11.1. The average molecular weight is 327 g/mol. The van der Waals surface area contributed by atoms with Crippen LogP contribution in [0, 0.1) is 11.7 Å². The van der Waals surface area contributed by atoms with E-state index in [4.69, 9.17) is 0 Å². The molecule has 1 aliphatic carbocycles. The standard InChI is InChI=1S/C15H20BrFN2/c16-10-13-14(17)2-1-3-15(13)19-8-6-18(7-9-19)11-12-4-5-12/h1-3,12H,4-11H2. The summed E-state index contributed by atoms with van der Waals surface area (Å²) in [7, 11) is 0. The van der Waals surface area contributed by atoms with E-state index in [9.17, 15) is 4.39 Å². The molecule has 0 radical (unpaired) electrons. The average Bonchev–Trinajstić information content (AvgIpc) is 3.23. The zero-order chi connectivity index (χ0) is 13.2. The van der Waals surface area contributed by atoms with Gasteiger partial charge in [-0.05, 0) is 30.9 Å². The molecule has 1 heterocycles. The van der Waals surface area contributed by atoms with Gasteiger partial charge in [-0.15, -0.1) is 0 Å². The van der Waals surface area contributed by atoms with Gasteiger partial charge in [-0.25, -0.2) is 4.39 Å².